The summed E-state index contributed by atoms with van der Waals surface area (Å²) in [6.07, 6.45) is 1.48. The Morgan fingerprint density at radius 3 is 3.00 bits per heavy atom. The van der Waals surface area contributed by atoms with Crippen molar-refractivity contribution in [3.8, 4) is 0 Å². The maximum atomic E-state index is 12.7. The summed E-state index contributed by atoms with van der Waals surface area (Å²) in [5, 5.41) is 1.01. The number of rotatable bonds is 1. The molecule has 0 saturated carbocycles. The third kappa shape index (κ3) is 2.13. The fraction of sp³-hybridized carbons (Fsp3) is 0.375. The summed E-state index contributed by atoms with van der Waals surface area (Å²) in [6, 6.07) is 7.97. The number of benzene rings is 1. The van der Waals surface area contributed by atoms with Gasteiger partial charge in [-0.15, -0.1) is 0 Å². The van der Waals surface area contributed by atoms with Crippen molar-refractivity contribution in [2.24, 2.45) is 0 Å². The standard InChI is InChI=1S/C16H16BrN3O2/c17-12-2-1-3-13-11(12)8-14(18-13)16(22)19-6-7-20-10(9-19)4-5-15(20)21/h1-3,8,10,18H,4-7,9H2. The van der Waals surface area contributed by atoms with E-state index in [2.05, 4.69) is 20.9 Å². The Balaban J connectivity index is 1.58. The Morgan fingerprint density at radius 1 is 1.32 bits per heavy atom. The Labute approximate surface area is 136 Å². The molecule has 4 rings (SSSR count). The minimum Gasteiger partial charge on any atom is -0.350 e. The molecule has 22 heavy (non-hydrogen) atoms. The molecule has 2 amide bonds. The molecule has 1 aromatic carbocycles. The predicted octanol–water partition coefficient (Wildman–Crippen LogP) is 2.38. The summed E-state index contributed by atoms with van der Waals surface area (Å²) >= 11 is 3.51. The number of hydrogen-bond acceptors (Lipinski definition) is 2. The summed E-state index contributed by atoms with van der Waals surface area (Å²) in [4.78, 5) is 31.4. The summed E-state index contributed by atoms with van der Waals surface area (Å²) in [7, 11) is 0. The highest BCUT2D eigenvalue weighted by Crippen LogP contribution is 2.27. The van der Waals surface area contributed by atoms with Crippen LogP contribution < -0.4 is 0 Å². The minimum absolute atomic E-state index is 0.0158. The number of H-pyrrole nitrogens is 1. The number of nitrogens with zero attached hydrogens (tertiary/aromatic N) is 2. The smallest absolute Gasteiger partial charge is 0.270 e. The number of carbonyl (C=O) groups excluding carboxylic acids is 2. The van der Waals surface area contributed by atoms with Crippen molar-refractivity contribution in [1.82, 2.24) is 14.8 Å². The van der Waals surface area contributed by atoms with E-state index in [0.29, 0.717) is 31.7 Å². The maximum absolute atomic E-state index is 12.7. The predicted molar refractivity (Wildman–Crippen MR) is 86.6 cm³/mol. The highest BCUT2D eigenvalue weighted by Gasteiger charge is 2.37. The van der Waals surface area contributed by atoms with Crippen molar-refractivity contribution in [3.05, 3.63) is 34.4 Å². The Morgan fingerprint density at radius 2 is 2.18 bits per heavy atom. The van der Waals surface area contributed by atoms with Gasteiger partial charge in [-0.1, -0.05) is 22.0 Å². The van der Waals surface area contributed by atoms with E-state index < -0.39 is 0 Å². The molecule has 1 unspecified atom stereocenters. The molecule has 2 aromatic rings. The number of carbonyl (C=O) groups is 2. The van der Waals surface area contributed by atoms with Crippen LogP contribution in [-0.2, 0) is 4.79 Å². The third-order valence-electron chi connectivity index (χ3n) is 4.62. The lowest BCUT2D eigenvalue weighted by Crippen LogP contribution is -2.53. The van der Waals surface area contributed by atoms with E-state index in [9.17, 15) is 9.59 Å². The van der Waals surface area contributed by atoms with Crippen LogP contribution in [0, 0.1) is 0 Å². The number of halogens is 1. The van der Waals surface area contributed by atoms with Crippen LogP contribution in [0.25, 0.3) is 10.9 Å². The highest BCUT2D eigenvalue weighted by molar-refractivity contribution is 9.10. The van der Waals surface area contributed by atoms with E-state index in [1.54, 1.807) is 0 Å². The zero-order valence-corrected chi connectivity index (χ0v) is 13.6. The van der Waals surface area contributed by atoms with Crippen molar-refractivity contribution in [2.45, 2.75) is 18.9 Å². The summed E-state index contributed by atoms with van der Waals surface area (Å²) in [5.74, 6) is 0.244. The van der Waals surface area contributed by atoms with Crippen LogP contribution in [0.2, 0.25) is 0 Å². The summed E-state index contributed by atoms with van der Waals surface area (Å²) in [5.41, 5.74) is 1.56. The first-order chi connectivity index (χ1) is 10.6. The number of aromatic nitrogens is 1. The van der Waals surface area contributed by atoms with Crippen LogP contribution in [0.5, 0.6) is 0 Å². The summed E-state index contributed by atoms with van der Waals surface area (Å²) < 4.78 is 0.978. The van der Waals surface area contributed by atoms with Crippen LogP contribution in [0.15, 0.2) is 28.7 Å². The van der Waals surface area contributed by atoms with Crippen molar-refractivity contribution in [2.75, 3.05) is 19.6 Å². The van der Waals surface area contributed by atoms with E-state index in [-0.39, 0.29) is 17.9 Å². The number of hydrogen-bond donors (Lipinski definition) is 1. The molecule has 2 aliphatic heterocycles. The molecule has 5 nitrogen and oxygen atoms in total. The molecule has 1 atom stereocenters. The number of nitrogens with one attached hydrogen (secondary N) is 1. The van der Waals surface area contributed by atoms with Gasteiger partial charge in [-0.2, -0.15) is 0 Å². The Kier molecular flexibility index (Phi) is 3.22. The van der Waals surface area contributed by atoms with E-state index in [4.69, 9.17) is 0 Å². The first-order valence-electron chi connectivity index (χ1n) is 7.49. The molecule has 2 aliphatic rings. The van der Waals surface area contributed by atoms with Gasteiger partial charge >= 0.3 is 0 Å². The molecule has 0 bridgehead atoms. The SMILES string of the molecule is O=C(c1cc2c(Br)cccc2[nH]1)N1CCN2C(=O)CCC2C1. The zero-order valence-electron chi connectivity index (χ0n) is 12.0. The topological polar surface area (TPSA) is 56.4 Å². The van der Waals surface area contributed by atoms with Crippen molar-refractivity contribution in [1.29, 1.82) is 0 Å². The molecule has 0 aliphatic carbocycles. The average molecular weight is 362 g/mol. The van der Waals surface area contributed by atoms with Gasteiger partial charge in [-0.25, -0.2) is 0 Å². The normalized spacial score (nSPS) is 21.5. The fourth-order valence-corrected chi connectivity index (χ4v) is 3.93. The van der Waals surface area contributed by atoms with Gasteiger partial charge in [0, 0.05) is 47.5 Å². The zero-order chi connectivity index (χ0) is 15.3. The second kappa shape index (κ2) is 5.12. The first-order valence-corrected chi connectivity index (χ1v) is 8.29. The van der Waals surface area contributed by atoms with Gasteiger partial charge in [-0.3, -0.25) is 9.59 Å². The van der Waals surface area contributed by atoms with Gasteiger partial charge in [-0.05, 0) is 24.6 Å². The van der Waals surface area contributed by atoms with Crippen LogP contribution in [-0.4, -0.2) is 52.3 Å². The van der Waals surface area contributed by atoms with E-state index in [0.717, 1.165) is 21.8 Å². The number of amides is 2. The van der Waals surface area contributed by atoms with Gasteiger partial charge in [0.05, 0.1) is 0 Å². The molecule has 3 heterocycles. The summed E-state index contributed by atoms with van der Waals surface area (Å²) in [6.45, 7) is 1.90. The fourth-order valence-electron chi connectivity index (χ4n) is 3.45. The van der Waals surface area contributed by atoms with E-state index >= 15 is 0 Å². The van der Waals surface area contributed by atoms with Crippen molar-refractivity contribution < 1.29 is 9.59 Å². The Bertz CT molecular complexity index is 770. The average Bonchev–Trinajstić information content (AvgIpc) is 3.11. The lowest BCUT2D eigenvalue weighted by Gasteiger charge is -2.37. The number of fused-ring (bicyclic) bond motifs is 2. The molecular formula is C16H16BrN3O2. The molecule has 1 N–H and O–H groups in total. The molecule has 0 radical (unpaired) electrons. The molecule has 0 spiro atoms. The van der Waals surface area contributed by atoms with Gasteiger partial charge in [0.25, 0.3) is 5.91 Å². The number of aromatic amines is 1. The molecule has 114 valence electrons. The first kappa shape index (κ1) is 13.8. The molecule has 6 heteroatoms. The third-order valence-corrected chi connectivity index (χ3v) is 5.31. The van der Waals surface area contributed by atoms with Gasteiger partial charge < -0.3 is 14.8 Å². The Hall–Kier alpha value is -1.82. The van der Waals surface area contributed by atoms with Crippen LogP contribution in [0.3, 0.4) is 0 Å². The minimum atomic E-state index is 0.0158. The quantitative estimate of drug-likeness (QED) is 0.847. The molecule has 2 saturated heterocycles. The lowest BCUT2D eigenvalue weighted by molar-refractivity contribution is -0.130. The second-order valence-corrected chi connectivity index (χ2v) is 6.77. The van der Waals surface area contributed by atoms with E-state index in [1.807, 2.05) is 34.1 Å². The van der Waals surface area contributed by atoms with Gasteiger partial charge in [0.2, 0.25) is 5.91 Å². The molecule has 2 fully saturated rings. The number of piperazine rings is 1. The molecule has 1 aromatic heterocycles. The van der Waals surface area contributed by atoms with Crippen molar-refractivity contribution in [3.63, 3.8) is 0 Å². The van der Waals surface area contributed by atoms with E-state index in [1.165, 1.54) is 0 Å². The lowest BCUT2D eigenvalue weighted by atomic mass is 10.1. The monoisotopic (exact) mass is 361 g/mol. The highest BCUT2D eigenvalue weighted by atomic mass is 79.9. The maximum Gasteiger partial charge on any atom is 0.270 e. The van der Waals surface area contributed by atoms with Crippen LogP contribution in [0.1, 0.15) is 23.3 Å². The van der Waals surface area contributed by atoms with Crippen LogP contribution >= 0.6 is 15.9 Å². The largest absolute Gasteiger partial charge is 0.350 e. The van der Waals surface area contributed by atoms with Gasteiger partial charge in [0.1, 0.15) is 5.69 Å². The molecular weight excluding hydrogens is 346 g/mol. The second-order valence-electron chi connectivity index (χ2n) is 5.91. The van der Waals surface area contributed by atoms with Gasteiger partial charge in [0.15, 0.2) is 0 Å². The van der Waals surface area contributed by atoms with Crippen molar-refractivity contribution >= 4 is 38.6 Å². The van der Waals surface area contributed by atoms with Crippen LogP contribution in [0.4, 0.5) is 0 Å².